The summed E-state index contributed by atoms with van der Waals surface area (Å²) in [6, 6.07) is 3.22. The van der Waals surface area contributed by atoms with Crippen LogP contribution in [0.2, 0.25) is 0 Å². The summed E-state index contributed by atoms with van der Waals surface area (Å²) in [5, 5.41) is 4.04. The first-order chi connectivity index (χ1) is 15.4. The predicted molar refractivity (Wildman–Crippen MR) is 110 cm³/mol. The zero-order valence-electron chi connectivity index (χ0n) is 16.9. The van der Waals surface area contributed by atoms with Crippen molar-refractivity contribution in [1.29, 1.82) is 0 Å². The molecule has 1 aromatic carbocycles. The number of nitrogens with two attached hydrogens (primary N) is 1. The molecule has 0 saturated heterocycles. The van der Waals surface area contributed by atoms with Crippen LogP contribution in [0.5, 0.6) is 0 Å². The van der Waals surface area contributed by atoms with Gasteiger partial charge in [0.2, 0.25) is 16.9 Å². The molecule has 1 fully saturated rings. The predicted octanol–water partition coefficient (Wildman–Crippen LogP) is 1.62. The molecular formula is C18H16F3N5O5S2. The maximum atomic E-state index is 13.6. The Morgan fingerprint density at radius 2 is 1.91 bits per heavy atom. The van der Waals surface area contributed by atoms with E-state index < -0.39 is 61.0 Å². The molecule has 10 nitrogen and oxygen atoms in total. The fraction of sp³-hybridized carbons (Fsp3) is 0.389. The van der Waals surface area contributed by atoms with Gasteiger partial charge in [-0.25, -0.2) is 31.1 Å². The highest BCUT2D eigenvalue weighted by Crippen LogP contribution is 2.52. The Bertz CT molecular complexity index is 1460. The van der Waals surface area contributed by atoms with Crippen molar-refractivity contribution >= 4 is 44.0 Å². The molecule has 15 heteroatoms. The van der Waals surface area contributed by atoms with Crippen LogP contribution in [0.25, 0.3) is 16.2 Å². The molecule has 0 bridgehead atoms. The highest BCUT2D eigenvalue weighted by molar-refractivity contribution is 7.92. The Morgan fingerprint density at radius 3 is 2.39 bits per heavy atom. The van der Waals surface area contributed by atoms with E-state index in [0.717, 1.165) is 29.7 Å². The first kappa shape index (κ1) is 23.1. The summed E-state index contributed by atoms with van der Waals surface area (Å²) in [5.41, 5.74) is 2.75. The molecule has 4 rings (SSSR count). The third-order valence-electron chi connectivity index (χ3n) is 5.55. The van der Waals surface area contributed by atoms with Crippen molar-refractivity contribution < 1.29 is 31.2 Å². The standard InChI is InChI=1S/C18H16F3N5O5S2/c1-8(27)25-10-3-2-9(33(30,31)12(14(22)28)18(7-19)4-5-18)6-11(10)26(17(25)29)16-24-23-15(32-16)13(20)21/h2-3,6,12-13H,4-5,7H2,1H3,(H2,22,28). The summed E-state index contributed by atoms with van der Waals surface area (Å²) in [7, 11) is -4.51. The van der Waals surface area contributed by atoms with Crippen molar-refractivity contribution in [3.8, 4) is 5.13 Å². The average molecular weight is 503 g/mol. The SMILES string of the molecule is CC(=O)n1c(=O)n(-c2nnc(C(F)F)s2)c2cc(S(=O)(=O)C(C(N)=O)C3(CF)CC3)ccc21. The number of sulfone groups is 1. The zero-order valence-corrected chi connectivity index (χ0v) is 18.5. The molecule has 2 heterocycles. The Labute approximate surface area is 187 Å². The van der Waals surface area contributed by atoms with Gasteiger partial charge in [0.1, 0.15) is 0 Å². The maximum Gasteiger partial charge on any atom is 0.342 e. The number of aromatic nitrogens is 4. The van der Waals surface area contributed by atoms with Crippen LogP contribution < -0.4 is 11.4 Å². The second-order valence-corrected chi connectivity index (χ2v) is 10.7. The molecule has 1 atom stereocenters. The number of primary amides is 1. The summed E-state index contributed by atoms with van der Waals surface area (Å²) in [6.45, 7) is 0.0242. The van der Waals surface area contributed by atoms with Gasteiger partial charge < -0.3 is 5.73 Å². The van der Waals surface area contributed by atoms with Crippen LogP contribution in [0.4, 0.5) is 13.2 Å². The van der Waals surface area contributed by atoms with Gasteiger partial charge in [0, 0.05) is 12.3 Å². The number of carbonyl (C=O) groups excluding carboxylic acids is 2. The number of imidazole rings is 1. The molecule has 33 heavy (non-hydrogen) atoms. The highest BCUT2D eigenvalue weighted by Gasteiger charge is 2.58. The van der Waals surface area contributed by atoms with Gasteiger partial charge in [0.05, 0.1) is 22.6 Å². The minimum Gasteiger partial charge on any atom is -0.369 e. The van der Waals surface area contributed by atoms with Gasteiger partial charge in [-0.1, -0.05) is 11.3 Å². The molecule has 0 spiro atoms. The average Bonchev–Trinajstić information content (AvgIpc) is 3.22. The van der Waals surface area contributed by atoms with Crippen LogP contribution in [-0.4, -0.2) is 51.5 Å². The lowest BCUT2D eigenvalue weighted by molar-refractivity contribution is -0.118. The van der Waals surface area contributed by atoms with Gasteiger partial charge >= 0.3 is 5.69 Å². The van der Waals surface area contributed by atoms with Crippen LogP contribution in [-0.2, 0) is 14.6 Å². The van der Waals surface area contributed by atoms with E-state index >= 15 is 0 Å². The number of rotatable bonds is 7. The monoisotopic (exact) mass is 503 g/mol. The van der Waals surface area contributed by atoms with E-state index in [2.05, 4.69) is 10.2 Å². The molecule has 1 amide bonds. The lowest BCUT2D eigenvalue weighted by Gasteiger charge is -2.21. The Morgan fingerprint density at radius 1 is 1.24 bits per heavy atom. The van der Waals surface area contributed by atoms with E-state index in [4.69, 9.17) is 5.73 Å². The number of alkyl halides is 3. The fourth-order valence-electron chi connectivity index (χ4n) is 3.79. The number of fused-ring (bicyclic) bond motifs is 1. The van der Waals surface area contributed by atoms with E-state index in [0.29, 0.717) is 15.9 Å². The van der Waals surface area contributed by atoms with Crippen LogP contribution >= 0.6 is 11.3 Å². The third kappa shape index (κ3) is 3.55. The van der Waals surface area contributed by atoms with E-state index in [1.165, 1.54) is 0 Å². The highest BCUT2D eigenvalue weighted by atomic mass is 32.2. The molecule has 3 aromatic rings. The number of hydrogen-bond acceptors (Lipinski definition) is 8. The van der Waals surface area contributed by atoms with Gasteiger partial charge in [-0.05, 0) is 31.0 Å². The van der Waals surface area contributed by atoms with E-state index in [1.54, 1.807) is 0 Å². The molecule has 1 aliphatic rings. The Balaban J connectivity index is 1.97. The largest absolute Gasteiger partial charge is 0.369 e. The van der Waals surface area contributed by atoms with Gasteiger partial charge in [0.25, 0.3) is 6.43 Å². The summed E-state index contributed by atoms with van der Waals surface area (Å²) >= 11 is 0.384. The van der Waals surface area contributed by atoms with Gasteiger partial charge in [-0.2, -0.15) is 0 Å². The lowest BCUT2D eigenvalue weighted by atomic mass is 10.0. The van der Waals surface area contributed by atoms with E-state index in [9.17, 15) is 36.0 Å². The quantitative estimate of drug-likeness (QED) is 0.515. The van der Waals surface area contributed by atoms with E-state index in [1.807, 2.05) is 0 Å². The van der Waals surface area contributed by atoms with Crippen LogP contribution in [0.1, 0.15) is 36.0 Å². The normalized spacial score (nSPS) is 16.3. The van der Waals surface area contributed by atoms with E-state index in [-0.39, 0.29) is 29.0 Å². The second-order valence-electron chi connectivity index (χ2n) is 7.67. The first-order valence-electron chi connectivity index (χ1n) is 9.44. The van der Waals surface area contributed by atoms with Crippen LogP contribution in [0.3, 0.4) is 0 Å². The number of amides is 1. The molecule has 1 saturated carbocycles. The number of carbonyl (C=O) groups is 2. The molecule has 1 unspecified atom stereocenters. The maximum absolute atomic E-state index is 13.6. The van der Waals surface area contributed by atoms with Crippen LogP contribution in [0.15, 0.2) is 27.9 Å². The fourth-order valence-corrected chi connectivity index (χ4v) is 6.57. The molecule has 2 aromatic heterocycles. The molecule has 0 radical (unpaired) electrons. The number of nitrogens with zero attached hydrogens (tertiary/aromatic N) is 4. The molecule has 1 aliphatic carbocycles. The van der Waals surface area contributed by atoms with Crippen molar-refractivity contribution in [2.75, 3.05) is 6.67 Å². The number of halogens is 3. The summed E-state index contributed by atoms with van der Waals surface area (Å²) in [6.07, 6.45) is -2.65. The van der Waals surface area contributed by atoms with Crippen molar-refractivity contribution in [3.63, 3.8) is 0 Å². The number of benzene rings is 1. The molecule has 176 valence electrons. The van der Waals surface area contributed by atoms with Crippen molar-refractivity contribution in [1.82, 2.24) is 19.3 Å². The van der Waals surface area contributed by atoms with Gasteiger partial charge in [-0.3, -0.25) is 14.0 Å². The van der Waals surface area contributed by atoms with Gasteiger partial charge in [0.15, 0.2) is 20.1 Å². The Kier molecular flexibility index (Phi) is 5.43. The summed E-state index contributed by atoms with van der Waals surface area (Å²) in [5.74, 6) is -1.93. The lowest BCUT2D eigenvalue weighted by Crippen LogP contribution is -2.44. The molecule has 0 aliphatic heterocycles. The summed E-state index contributed by atoms with van der Waals surface area (Å²) < 4.78 is 67.6. The van der Waals surface area contributed by atoms with Crippen molar-refractivity contribution in [3.05, 3.63) is 33.7 Å². The first-order valence-corrected chi connectivity index (χ1v) is 11.8. The van der Waals surface area contributed by atoms with Crippen molar-refractivity contribution in [2.45, 2.75) is 36.3 Å². The van der Waals surface area contributed by atoms with Crippen LogP contribution in [0, 0.1) is 5.41 Å². The topological polar surface area (TPSA) is 147 Å². The smallest absolute Gasteiger partial charge is 0.342 e. The zero-order chi connectivity index (χ0) is 24.3. The third-order valence-corrected chi connectivity index (χ3v) is 8.73. The minimum absolute atomic E-state index is 0.0255. The minimum atomic E-state index is -4.51. The molecule has 2 N–H and O–H groups in total. The van der Waals surface area contributed by atoms with Gasteiger partial charge in [-0.15, -0.1) is 10.2 Å². The number of hydrogen-bond donors (Lipinski definition) is 1. The Hall–Kier alpha value is -3.07. The second kappa shape index (κ2) is 7.76. The van der Waals surface area contributed by atoms with Crippen molar-refractivity contribution in [2.24, 2.45) is 11.1 Å². The summed E-state index contributed by atoms with van der Waals surface area (Å²) in [4.78, 5) is 36.5. The molecular weight excluding hydrogens is 487 g/mol.